The molecule has 7 heteroatoms. The van der Waals surface area contributed by atoms with Gasteiger partial charge in [-0.2, -0.15) is 0 Å². The van der Waals surface area contributed by atoms with Crippen molar-refractivity contribution in [3.8, 4) is 0 Å². The van der Waals surface area contributed by atoms with Crippen molar-refractivity contribution in [3.05, 3.63) is 12.2 Å². The third-order valence-corrected chi connectivity index (χ3v) is 3.65. The highest BCUT2D eigenvalue weighted by Gasteiger charge is 2.12. The summed E-state index contributed by atoms with van der Waals surface area (Å²) < 4.78 is 1.89. The number of aromatic nitrogens is 3. The van der Waals surface area contributed by atoms with Crippen molar-refractivity contribution in [2.24, 2.45) is 12.0 Å². The summed E-state index contributed by atoms with van der Waals surface area (Å²) in [5, 5.41) is 14.5. The van der Waals surface area contributed by atoms with Crippen LogP contribution in [0.5, 0.6) is 0 Å². The summed E-state index contributed by atoms with van der Waals surface area (Å²) in [5.74, 6) is 1.68. The highest BCUT2D eigenvalue weighted by atomic mass is 15.3. The Morgan fingerprint density at radius 1 is 1.27 bits per heavy atom. The molecule has 1 aromatic heterocycles. The van der Waals surface area contributed by atoms with Gasteiger partial charge < -0.3 is 15.2 Å². The molecular formula is C15H31N7. The van der Waals surface area contributed by atoms with Gasteiger partial charge in [-0.3, -0.25) is 9.89 Å². The van der Waals surface area contributed by atoms with E-state index in [-0.39, 0.29) is 0 Å². The van der Waals surface area contributed by atoms with Crippen molar-refractivity contribution >= 4 is 5.96 Å². The Morgan fingerprint density at radius 3 is 2.45 bits per heavy atom. The summed E-state index contributed by atoms with van der Waals surface area (Å²) in [5.41, 5.74) is 0. The Hall–Kier alpha value is -1.63. The molecule has 0 aliphatic rings. The van der Waals surface area contributed by atoms with Gasteiger partial charge in [0, 0.05) is 39.3 Å². The smallest absolute Gasteiger partial charge is 0.191 e. The maximum Gasteiger partial charge on any atom is 0.191 e. The van der Waals surface area contributed by atoms with E-state index in [0.29, 0.717) is 18.6 Å². The summed E-state index contributed by atoms with van der Waals surface area (Å²) in [6.07, 6.45) is 2.78. The Kier molecular flexibility index (Phi) is 7.87. The molecule has 0 unspecified atom stereocenters. The van der Waals surface area contributed by atoms with Gasteiger partial charge in [0.1, 0.15) is 6.33 Å². The average molecular weight is 309 g/mol. The molecule has 1 aromatic rings. The second-order valence-electron chi connectivity index (χ2n) is 5.99. The topological polar surface area (TPSA) is 70.4 Å². The third-order valence-electron chi connectivity index (χ3n) is 3.65. The summed E-state index contributed by atoms with van der Waals surface area (Å²) in [6.45, 7) is 11.6. The number of hydrogen-bond acceptors (Lipinski definition) is 4. The number of aryl methyl sites for hydroxylation is 1. The van der Waals surface area contributed by atoms with E-state index in [1.165, 1.54) is 0 Å². The molecule has 0 amide bonds. The van der Waals surface area contributed by atoms with Crippen molar-refractivity contribution < 1.29 is 0 Å². The van der Waals surface area contributed by atoms with Crippen molar-refractivity contribution in [3.63, 3.8) is 0 Å². The molecular weight excluding hydrogens is 278 g/mol. The Bertz CT molecular complexity index is 442. The second kappa shape index (κ2) is 9.40. The zero-order chi connectivity index (χ0) is 16.5. The van der Waals surface area contributed by atoms with Crippen LogP contribution in [0.25, 0.3) is 0 Å². The minimum Gasteiger partial charge on any atom is -0.356 e. The van der Waals surface area contributed by atoms with Gasteiger partial charge in [0.15, 0.2) is 11.8 Å². The first-order valence-electron chi connectivity index (χ1n) is 7.98. The van der Waals surface area contributed by atoms with Crippen molar-refractivity contribution in [1.82, 2.24) is 30.3 Å². The van der Waals surface area contributed by atoms with Gasteiger partial charge >= 0.3 is 0 Å². The van der Waals surface area contributed by atoms with Crippen LogP contribution in [0, 0.1) is 0 Å². The summed E-state index contributed by atoms with van der Waals surface area (Å²) >= 11 is 0. The van der Waals surface area contributed by atoms with Crippen molar-refractivity contribution in [2.45, 2.75) is 52.7 Å². The predicted molar refractivity (Wildman–Crippen MR) is 90.8 cm³/mol. The Labute approximate surface area is 134 Å². The maximum absolute atomic E-state index is 4.23. The molecule has 0 atom stereocenters. The molecule has 0 saturated carbocycles. The lowest BCUT2D eigenvalue weighted by Gasteiger charge is -2.30. The Morgan fingerprint density at radius 2 is 1.95 bits per heavy atom. The van der Waals surface area contributed by atoms with Gasteiger partial charge in [0.2, 0.25) is 0 Å². The number of rotatable bonds is 8. The van der Waals surface area contributed by atoms with Gasteiger partial charge in [-0.05, 0) is 34.1 Å². The molecule has 7 nitrogen and oxygen atoms in total. The zero-order valence-corrected chi connectivity index (χ0v) is 14.8. The first-order valence-corrected chi connectivity index (χ1v) is 7.98. The fraction of sp³-hybridized carbons (Fsp3) is 0.800. The van der Waals surface area contributed by atoms with Crippen LogP contribution in [0.4, 0.5) is 0 Å². The van der Waals surface area contributed by atoms with E-state index >= 15 is 0 Å². The zero-order valence-electron chi connectivity index (χ0n) is 14.8. The molecule has 126 valence electrons. The molecule has 22 heavy (non-hydrogen) atoms. The van der Waals surface area contributed by atoms with Gasteiger partial charge in [-0.1, -0.05) is 0 Å². The van der Waals surface area contributed by atoms with Crippen LogP contribution in [-0.4, -0.2) is 57.8 Å². The summed E-state index contributed by atoms with van der Waals surface area (Å²) in [7, 11) is 3.71. The number of guanidine groups is 1. The number of aliphatic imine (C=N–C) groups is 1. The number of nitrogens with zero attached hydrogens (tertiary/aromatic N) is 5. The molecule has 0 bridgehead atoms. The maximum atomic E-state index is 4.23. The molecule has 0 aliphatic heterocycles. The van der Waals surface area contributed by atoms with Crippen LogP contribution in [0.3, 0.4) is 0 Å². The minimum atomic E-state index is 0.577. The lowest BCUT2D eigenvalue weighted by Crippen LogP contribution is -2.41. The molecule has 0 aliphatic carbocycles. The molecule has 0 spiro atoms. The number of nitrogens with one attached hydrogen (secondary N) is 2. The fourth-order valence-corrected chi connectivity index (χ4v) is 2.43. The molecule has 0 fully saturated rings. The molecule has 2 N–H and O–H groups in total. The van der Waals surface area contributed by atoms with Crippen LogP contribution in [0.15, 0.2) is 11.3 Å². The summed E-state index contributed by atoms with van der Waals surface area (Å²) in [6, 6.07) is 1.15. The van der Waals surface area contributed by atoms with Crippen LogP contribution in [-0.2, 0) is 13.6 Å². The van der Waals surface area contributed by atoms with Gasteiger partial charge in [0.05, 0.1) is 6.54 Å². The molecule has 0 saturated heterocycles. The van der Waals surface area contributed by atoms with Crippen molar-refractivity contribution in [1.29, 1.82) is 0 Å². The van der Waals surface area contributed by atoms with Gasteiger partial charge in [-0.15, -0.1) is 10.2 Å². The summed E-state index contributed by atoms with van der Waals surface area (Å²) in [4.78, 5) is 6.72. The molecule has 0 radical (unpaired) electrons. The van der Waals surface area contributed by atoms with E-state index in [4.69, 9.17) is 0 Å². The SMILES string of the molecule is CN=C(NCCCN(C(C)C)C(C)C)NCc1nncn1C. The Balaban J connectivity index is 2.28. The lowest BCUT2D eigenvalue weighted by molar-refractivity contribution is 0.173. The van der Waals surface area contributed by atoms with Crippen molar-refractivity contribution in [2.75, 3.05) is 20.1 Å². The van der Waals surface area contributed by atoms with Crippen LogP contribution >= 0.6 is 0 Å². The van der Waals surface area contributed by atoms with Gasteiger partial charge in [-0.25, -0.2) is 0 Å². The predicted octanol–water partition coefficient (Wildman–Crippen LogP) is 0.989. The van der Waals surface area contributed by atoms with E-state index in [0.717, 1.165) is 31.3 Å². The average Bonchev–Trinajstić information content (AvgIpc) is 2.86. The monoisotopic (exact) mass is 309 g/mol. The van der Waals surface area contributed by atoms with E-state index in [1.54, 1.807) is 13.4 Å². The van der Waals surface area contributed by atoms with E-state index < -0.39 is 0 Å². The minimum absolute atomic E-state index is 0.577. The lowest BCUT2D eigenvalue weighted by atomic mass is 10.2. The van der Waals surface area contributed by atoms with Crippen LogP contribution in [0.2, 0.25) is 0 Å². The largest absolute Gasteiger partial charge is 0.356 e. The third kappa shape index (κ3) is 6.01. The van der Waals surface area contributed by atoms with Gasteiger partial charge in [0.25, 0.3) is 0 Å². The first-order chi connectivity index (χ1) is 10.5. The van der Waals surface area contributed by atoms with E-state index in [1.807, 2.05) is 11.6 Å². The van der Waals surface area contributed by atoms with Crippen LogP contribution < -0.4 is 10.6 Å². The van der Waals surface area contributed by atoms with E-state index in [9.17, 15) is 0 Å². The normalized spacial score (nSPS) is 12.5. The second-order valence-corrected chi connectivity index (χ2v) is 5.99. The number of hydrogen-bond donors (Lipinski definition) is 2. The highest BCUT2D eigenvalue weighted by molar-refractivity contribution is 5.79. The molecule has 1 heterocycles. The highest BCUT2D eigenvalue weighted by Crippen LogP contribution is 2.05. The first kappa shape index (κ1) is 18.4. The molecule has 1 rings (SSSR count). The standard InChI is InChI=1S/C15H31N7/c1-12(2)22(13(3)4)9-7-8-17-15(16-5)18-10-14-20-19-11-21(14)6/h11-13H,7-10H2,1-6H3,(H2,16,17,18). The van der Waals surface area contributed by atoms with Crippen LogP contribution in [0.1, 0.15) is 39.9 Å². The van der Waals surface area contributed by atoms with E-state index in [2.05, 4.69) is 58.4 Å². The fourth-order valence-electron chi connectivity index (χ4n) is 2.43. The quantitative estimate of drug-likeness (QED) is 0.426. The molecule has 0 aromatic carbocycles.